The molecule has 3 nitrogen and oxygen atoms in total. The Morgan fingerprint density at radius 3 is 2.70 bits per heavy atom. The lowest BCUT2D eigenvalue weighted by Crippen LogP contribution is -2.32. The summed E-state index contributed by atoms with van der Waals surface area (Å²) in [6, 6.07) is 10.6. The first-order valence-corrected chi connectivity index (χ1v) is 10.3. The van der Waals surface area contributed by atoms with E-state index in [-0.39, 0.29) is 11.8 Å². The largest absolute Gasteiger partial charge is 0.272 e. The molecule has 1 aromatic heterocycles. The topological polar surface area (TPSA) is 34.9 Å². The molecular weight excluding hydrogens is 332 g/mol. The van der Waals surface area contributed by atoms with Gasteiger partial charge in [-0.15, -0.1) is 0 Å². The number of allylic oxidation sites excluding steroid dienone is 2. The van der Waals surface area contributed by atoms with Gasteiger partial charge < -0.3 is 0 Å². The van der Waals surface area contributed by atoms with Gasteiger partial charge in [0.2, 0.25) is 0 Å². The quantitative estimate of drug-likeness (QED) is 0.726. The summed E-state index contributed by atoms with van der Waals surface area (Å²) in [5, 5.41) is 4.73. The number of aromatic nitrogens is 2. The number of carbonyl (C=O) groups excluding carboxylic acids is 1. The highest BCUT2D eigenvalue weighted by Gasteiger charge is 2.64. The van der Waals surface area contributed by atoms with E-state index in [1.807, 2.05) is 0 Å². The maximum absolute atomic E-state index is 13.5. The monoisotopic (exact) mass is 360 g/mol. The minimum absolute atomic E-state index is 0.0311. The first-order valence-electron chi connectivity index (χ1n) is 10.3. The smallest absolute Gasteiger partial charge is 0.250 e. The molecule has 0 amide bonds. The van der Waals surface area contributed by atoms with Gasteiger partial charge in [-0.2, -0.15) is 5.10 Å². The fourth-order valence-corrected chi connectivity index (χ4v) is 5.75. The van der Waals surface area contributed by atoms with Gasteiger partial charge in [0, 0.05) is 11.5 Å². The van der Waals surface area contributed by atoms with Gasteiger partial charge in [0.1, 0.15) is 0 Å². The maximum atomic E-state index is 13.5. The molecule has 2 aromatic rings. The molecule has 1 saturated carbocycles. The van der Waals surface area contributed by atoms with Crippen LogP contribution in [0.15, 0.2) is 42.5 Å². The van der Waals surface area contributed by atoms with Crippen LogP contribution < -0.4 is 0 Å². The van der Waals surface area contributed by atoms with E-state index in [0.29, 0.717) is 23.2 Å². The molecule has 27 heavy (non-hydrogen) atoms. The summed E-state index contributed by atoms with van der Waals surface area (Å²) in [4.78, 5) is 13.5. The molecule has 0 spiro atoms. The van der Waals surface area contributed by atoms with Gasteiger partial charge in [0.25, 0.3) is 5.91 Å². The minimum atomic E-state index is 0.0311. The number of rotatable bonds is 3. The summed E-state index contributed by atoms with van der Waals surface area (Å²) in [5.74, 6) is 1.92. The number of fused-ring (bicyclic) bond motifs is 3. The lowest BCUT2D eigenvalue weighted by atomic mass is 9.78. The van der Waals surface area contributed by atoms with Crippen molar-refractivity contribution < 1.29 is 4.79 Å². The Labute approximate surface area is 161 Å². The van der Waals surface area contributed by atoms with E-state index in [4.69, 9.17) is 5.10 Å². The van der Waals surface area contributed by atoms with E-state index in [9.17, 15) is 4.79 Å². The molecule has 3 heteroatoms. The standard InChI is InChI=1S/C24H28N2O/c1-15-21-20(14-19-22(21)24(19,2)3)26(25-15)23(27)18-12-8-7-11-17(18)13-16-9-5-4-6-10-16/h4-10,17-19,22H,11-14H2,1-3H3/t17-,18-,19-,22-/m1/s1. The summed E-state index contributed by atoms with van der Waals surface area (Å²) in [7, 11) is 0. The van der Waals surface area contributed by atoms with Gasteiger partial charge >= 0.3 is 0 Å². The number of aryl methyl sites for hydroxylation is 1. The van der Waals surface area contributed by atoms with Crippen LogP contribution in [-0.4, -0.2) is 15.7 Å². The summed E-state index contributed by atoms with van der Waals surface area (Å²) in [6.07, 6.45) is 8.22. The lowest BCUT2D eigenvalue weighted by molar-refractivity contribution is 0.0756. The maximum Gasteiger partial charge on any atom is 0.250 e. The Balaban J connectivity index is 1.43. The third-order valence-corrected chi connectivity index (χ3v) is 7.41. The first-order chi connectivity index (χ1) is 13.0. The van der Waals surface area contributed by atoms with Crippen molar-refractivity contribution in [2.45, 2.75) is 52.4 Å². The highest BCUT2D eigenvalue weighted by molar-refractivity contribution is 5.83. The number of hydrogen-bond acceptors (Lipinski definition) is 2. The molecule has 4 atom stereocenters. The molecular formula is C24H28N2O. The van der Waals surface area contributed by atoms with Gasteiger partial charge in [-0.05, 0) is 61.3 Å². The Morgan fingerprint density at radius 1 is 1.19 bits per heavy atom. The van der Waals surface area contributed by atoms with E-state index in [1.54, 1.807) is 4.68 Å². The second kappa shape index (κ2) is 5.92. The third-order valence-electron chi connectivity index (χ3n) is 7.41. The van der Waals surface area contributed by atoms with Gasteiger partial charge in [0.05, 0.1) is 11.4 Å². The molecule has 140 valence electrons. The van der Waals surface area contributed by atoms with E-state index in [0.717, 1.165) is 31.4 Å². The summed E-state index contributed by atoms with van der Waals surface area (Å²) >= 11 is 0. The highest BCUT2D eigenvalue weighted by Crippen LogP contribution is 2.70. The zero-order valence-corrected chi connectivity index (χ0v) is 16.5. The van der Waals surface area contributed by atoms with E-state index in [2.05, 4.69) is 63.3 Å². The number of carbonyl (C=O) groups is 1. The van der Waals surface area contributed by atoms with Crippen LogP contribution in [0.2, 0.25) is 0 Å². The first kappa shape index (κ1) is 17.0. The number of nitrogens with zero attached hydrogens (tertiary/aromatic N) is 2. The van der Waals surface area contributed by atoms with Crippen molar-refractivity contribution in [3.05, 3.63) is 65.0 Å². The molecule has 5 rings (SSSR count). The highest BCUT2D eigenvalue weighted by atomic mass is 16.2. The molecule has 1 fully saturated rings. The predicted molar refractivity (Wildman–Crippen MR) is 107 cm³/mol. The van der Waals surface area contributed by atoms with Gasteiger partial charge in [-0.3, -0.25) is 4.79 Å². The predicted octanol–water partition coefficient (Wildman–Crippen LogP) is 4.95. The number of benzene rings is 1. The number of hydrogen-bond donors (Lipinski definition) is 0. The van der Waals surface area contributed by atoms with Crippen molar-refractivity contribution in [1.29, 1.82) is 0 Å². The molecule has 0 N–H and O–H groups in total. The molecule has 1 aromatic carbocycles. The van der Waals surface area contributed by atoms with Gasteiger partial charge in [0.15, 0.2) is 0 Å². The third kappa shape index (κ3) is 2.55. The molecule has 0 radical (unpaired) electrons. The SMILES string of the molecule is Cc1nn(C(=O)[C@@H]2CC=CC[C@@H]2Cc2ccccc2)c2c1[C@H]1[C@@H](C2)C1(C)C. The Hall–Kier alpha value is -2.16. The van der Waals surface area contributed by atoms with Gasteiger partial charge in [-0.25, -0.2) is 4.68 Å². The summed E-state index contributed by atoms with van der Waals surface area (Å²) in [5.41, 5.74) is 5.37. The molecule has 3 aliphatic rings. The average Bonchev–Trinajstić information content (AvgIpc) is 3.00. The fraction of sp³-hybridized carbons (Fsp3) is 0.500. The van der Waals surface area contributed by atoms with Crippen LogP contribution in [0.3, 0.4) is 0 Å². The van der Waals surface area contributed by atoms with Crippen LogP contribution in [0.25, 0.3) is 0 Å². The molecule has 0 bridgehead atoms. The van der Waals surface area contributed by atoms with E-state index >= 15 is 0 Å². The van der Waals surface area contributed by atoms with Crippen LogP contribution >= 0.6 is 0 Å². The molecule has 0 unspecified atom stereocenters. The van der Waals surface area contributed by atoms with E-state index < -0.39 is 0 Å². The Kier molecular flexibility index (Phi) is 3.72. The van der Waals surface area contributed by atoms with Crippen molar-refractivity contribution in [3.8, 4) is 0 Å². The van der Waals surface area contributed by atoms with Crippen LogP contribution in [0.4, 0.5) is 0 Å². The van der Waals surface area contributed by atoms with Crippen LogP contribution in [0.1, 0.15) is 59.9 Å². The molecule has 0 saturated heterocycles. The Morgan fingerprint density at radius 2 is 1.93 bits per heavy atom. The molecule has 0 aliphatic heterocycles. The van der Waals surface area contributed by atoms with Crippen molar-refractivity contribution in [1.82, 2.24) is 9.78 Å². The minimum Gasteiger partial charge on any atom is -0.272 e. The van der Waals surface area contributed by atoms with E-state index in [1.165, 1.54) is 16.8 Å². The van der Waals surface area contributed by atoms with Crippen LogP contribution in [0, 0.1) is 30.1 Å². The summed E-state index contributed by atoms with van der Waals surface area (Å²) in [6.45, 7) is 6.79. The van der Waals surface area contributed by atoms with Crippen molar-refractivity contribution in [2.75, 3.05) is 0 Å². The van der Waals surface area contributed by atoms with Gasteiger partial charge in [-0.1, -0.05) is 56.3 Å². The van der Waals surface area contributed by atoms with Crippen LogP contribution in [0.5, 0.6) is 0 Å². The molecule has 3 aliphatic carbocycles. The summed E-state index contributed by atoms with van der Waals surface area (Å²) < 4.78 is 1.80. The van der Waals surface area contributed by atoms with Crippen molar-refractivity contribution in [2.24, 2.45) is 23.2 Å². The fourth-order valence-electron chi connectivity index (χ4n) is 5.75. The van der Waals surface area contributed by atoms with Crippen molar-refractivity contribution >= 4 is 5.91 Å². The second-order valence-electron chi connectivity index (χ2n) is 9.30. The second-order valence-corrected chi connectivity index (χ2v) is 9.30. The average molecular weight is 361 g/mol. The lowest BCUT2D eigenvalue weighted by Gasteiger charge is -2.28. The zero-order chi connectivity index (χ0) is 18.8. The van der Waals surface area contributed by atoms with Crippen molar-refractivity contribution in [3.63, 3.8) is 0 Å². The molecule has 1 heterocycles. The normalized spacial score (nSPS) is 30.0. The zero-order valence-electron chi connectivity index (χ0n) is 16.5. The Bertz CT molecular complexity index is 921. The van der Waals surface area contributed by atoms with Crippen LogP contribution in [-0.2, 0) is 12.8 Å².